The predicted octanol–water partition coefficient (Wildman–Crippen LogP) is 0.414. The van der Waals surface area contributed by atoms with E-state index in [2.05, 4.69) is 4.72 Å². The summed E-state index contributed by atoms with van der Waals surface area (Å²) in [6.07, 6.45) is 0. The van der Waals surface area contributed by atoms with Gasteiger partial charge in [0.05, 0.1) is 6.61 Å². The van der Waals surface area contributed by atoms with E-state index in [-0.39, 0.29) is 15.7 Å². The zero-order valence-electron chi connectivity index (χ0n) is 9.30. The van der Waals surface area contributed by atoms with Gasteiger partial charge < -0.3 is 10.2 Å². The van der Waals surface area contributed by atoms with E-state index in [9.17, 15) is 13.2 Å². The molecule has 0 saturated carbocycles. The van der Waals surface area contributed by atoms with Crippen molar-refractivity contribution in [3.8, 4) is 0 Å². The highest BCUT2D eigenvalue weighted by atomic mass is 32.2. The minimum Gasteiger partial charge on any atom is -0.477 e. The fraction of sp³-hybridized carbons (Fsp3) is 0.444. The van der Waals surface area contributed by atoms with E-state index in [1.54, 1.807) is 0 Å². The molecule has 1 aromatic rings. The van der Waals surface area contributed by atoms with E-state index in [0.29, 0.717) is 16.9 Å². The van der Waals surface area contributed by atoms with Crippen LogP contribution in [0.25, 0.3) is 0 Å². The van der Waals surface area contributed by atoms with Crippen molar-refractivity contribution in [3.63, 3.8) is 0 Å². The molecule has 0 aliphatic heterocycles. The molecule has 1 heterocycles. The maximum absolute atomic E-state index is 11.8. The highest BCUT2D eigenvalue weighted by Gasteiger charge is 2.22. The molecule has 1 aromatic heterocycles. The van der Waals surface area contributed by atoms with Crippen molar-refractivity contribution in [3.05, 3.63) is 16.5 Å². The standard InChI is InChI=1S/C9H13NO5S2/c1-5-3-7(16-8(5)9(12)13)17(14,15)10-6(2)4-11/h3,6,10-11H,4H2,1-2H3,(H,12,13). The van der Waals surface area contributed by atoms with Crippen LogP contribution < -0.4 is 4.72 Å². The third-order valence-electron chi connectivity index (χ3n) is 1.98. The summed E-state index contributed by atoms with van der Waals surface area (Å²) in [7, 11) is -3.76. The van der Waals surface area contributed by atoms with Gasteiger partial charge in [-0.05, 0) is 25.5 Å². The average molecular weight is 279 g/mol. The Morgan fingerprint density at radius 3 is 2.59 bits per heavy atom. The molecule has 0 aromatic carbocycles. The average Bonchev–Trinajstić information content (AvgIpc) is 2.60. The fourth-order valence-corrected chi connectivity index (χ4v) is 3.79. The number of carboxylic acid groups (broad SMARTS) is 1. The molecule has 0 aliphatic carbocycles. The lowest BCUT2D eigenvalue weighted by atomic mass is 10.3. The summed E-state index contributed by atoms with van der Waals surface area (Å²) in [5.74, 6) is -1.15. The summed E-state index contributed by atoms with van der Waals surface area (Å²) < 4.78 is 25.7. The number of aryl methyl sites for hydroxylation is 1. The molecule has 0 aliphatic rings. The van der Waals surface area contributed by atoms with Gasteiger partial charge in [-0.15, -0.1) is 11.3 Å². The van der Waals surface area contributed by atoms with Crippen LogP contribution in [0.15, 0.2) is 10.3 Å². The number of thiophene rings is 1. The van der Waals surface area contributed by atoms with Gasteiger partial charge in [-0.3, -0.25) is 0 Å². The third-order valence-corrected chi connectivity index (χ3v) is 5.27. The highest BCUT2D eigenvalue weighted by molar-refractivity contribution is 7.91. The summed E-state index contributed by atoms with van der Waals surface area (Å²) >= 11 is 0.695. The highest BCUT2D eigenvalue weighted by Crippen LogP contribution is 2.25. The molecule has 0 fully saturated rings. The second-order valence-electron chi connectivity index (χ2n) is 3.59. The van der Waals surface area contributed by atoms with Crippen molar-refractivity contribution in [2.45, 2.75) is 24.1 Å². The van der Waals surface area contributed by atoms with E-state index in [0.717, 1.165) is 0 Å². The second kappa shape index (κ2) is 5.13. The number of hydrogen-bond donors (Lipinski definition) is 3. The molecule has 0 bridgehead atoms. The first-order chi connectivity index (χ1) is 7.77. The van der Waals surface area contributed by atoms with Crippen LogP contribution in [0.2, 0.25) is 0 Å². The lowest BCUT2D eigenvalue weighted by Crippen LogP contribution is -2.34. The Morgan fingerprint density at radius 2 is 2.18 bits per heavy atom. The topological polar surface area (TPSA) is 104 Å². The number of carboxylic acids is 1. The summed E-state index contributed by atoms with van der Waals surface area (Å²) in [6, 6.07) is 0.691. The second-order valence-corrected chi connectivity index (χ2v) is 6.58. The number of aliphatic hydroxyl groups is 1. The van der Waals surface area contributed by atoms with Gasteiger partial charge in [-0.1, -0.05) is 0 Å². The summed E-state index contributed by atoms with van der Waals surface area (Å²) in [4.78, 5) is 10.8. The molecule has 8 heteroatoms. The van der Waals surface area contributed by atoms with Gasteiger partial charge in [0.25, 0.3) is 0 Å². The van der Waals surface area contributed by atoms with Crippen LogP contribution in [0.4, 0.5) is 0 Å². The number of rotatable bonds is 5. The quantitative estimate of drug-likeness (QED) is 0.724. The first kappa shape index (κ1) is 14.1. The Bertz CT molecular complexity index is 519. The molecule has 0 amide bonds. The molecule has 0 radical (unpaired) electrons. The fourth-order valence-electron chi connectivity index (χ4n) is 1.16. The summed E-state index contributed by atoms with van der Waals surface area (Å²) in [6.45, 7) is 2.72. The smallest absolute Gasteiger partial charge is 0.346 e. The normalized spacial score (nSPS) is 13.6. The number of carbonyl (C=O) groups is 1. The predicted molar refractivity (Wildman–Crippen MR) is 62.9 cm³/mol. The maximum Gasteiger partial charge on any atom is 0.346 e. The van der Waals surface area contributed by atoms with E-state index in [4.69, 9.17) is 10.2 Å². The molecule has 6 nitrogen and oxygen atoms in total. The van der Waals surface area contributed by atoms with Gasteiger partial charge in [0, 0.05) is 6.04 Å². The Kier molecular flexibility index (Phi) is 4.26. The van der Waals surface area contributed by atoms with Crippen LogP contribution in [-0.4, -0.2) is 37.2 Å². The van der Waals surface area contributed by atoms with Gasteiger partial charge in [-0.2, -0.15) is 0 Å². The molecular formula is C9H13NO5S2. The Labute approximate surface area is 103 Å². The number of sulfonamides is 1. The largest absolute Gasteiger partial charge is 0.477 e. The van der Waals surface area contributed by atoms with Gasteiger partial charge in [-0.25, -0.2) is 17.9 Å². The van der Waals surface area contributed by atoms with Crippen LogP contribution >= 0.6 is 11.3 Å². The first-order valence-electron chi connectivity index (χ1n) is 4.75. The molecule has 1 rings (SSSR count). The lowest BCUT2D eigenvalue weighted by molar-refractivity contribution is 0.0701. The number of aromatic carboxylic acids is 1. The van der Waals surface area contributed by atoms with Crippen LogP contribution in [0.3, 0.4) is 0 Å². The molecule has 1 unspecified atom stereocenters. The van der Waals surface area contributed by atoms with E-state index < -0.39 is 22.0 Å². The number of nitrogens with one attached hydrogen (secondary N) is 1. The third kappa shape index (κ3) is 3.25. The molecule has 0 saturated heterocycles. The van der Waals surface area contributed by atoms with Crippen molar-refractivity contribution in [1.29, 1.82) is 0 Å². The van der Waals surface area contributed by atoms with Crippen LogP contribution in [0.5, 0.6) is 0 Å². The molecule has 0 spiro atoms. The minimum absolute atomic E-state index is 0.00188. The molecule has 17 heavy (non-hydrogen) atoms. The van der Waals surface area contributed by atoms with Gasteiger partial charge >= 0.3 is 5.97 Å². The number of hydrogen-bond acceptors (Lipinski definition) is 5. The molecule has 96 valence electrons. The molecule has 3 N–H and O–H groups in total. The van der Waals surface area contributed by atoms with E-state index >= 15 is 0 Å². The van der Waals surface area contributed by atoms with Crippen LogP contribution in [-0.2, 0) is 10.0 Å². The van der Waals surface area contributed by atoms with Crippen molar-refractivity contribution < 1.29 is 23.4 Å². The Balaban J connectivity index is 3.08. The van der Waals surface area contributed by atoms with Crippen molar-refractivity contribution in [2.75, 3.05) is 6.61 Å². The van der Waals surface area contributed by atoms with Crippen molar-refractivity contribution in [1.82, 2.24) is 4.72 Å². The SMILES string of the molecule is Cc1cc(S(=O)(=O)NC(C)CO)sc1C(=O)O. The zero-order chi connectivity index (χ0) is 13.2. The van der Waals surface area contributed by atoms with Crippen LogP contribution in [0, 0.1) is 6.92 Å². The van der Waals surface area contributed by atoms with E-state index in [1.165, 1.54) is 19.9 Å². The van der Waals surface area contributed by atoms with Gasteiger partial charge in [0.1, 0.15) is 9.09 Å². The van der Waals surface area contributed by atoms with Gasteiger partial charge in [0.2, 0.25) is 10.0 Å². The van der Waals surface area contributed by atoms with Crippen molar-refractivity contribution in [2.24, 2.45) is 0 Å². The van der Waals surface area contributed by atoms with Gasteiger partial charge in [0.15, 0.2) is 0 Å². The van der Waals surface area contributed by atoms with Crippen molar-refractivity contribution >= 4 is 27.3 Å². The zero-order valence-corrected chi connectivity index (χ0v) is 10.9. The monoisotopic (exact) mass is 279 g/mol. The lowest BCUT2D eigenvalue weighted by Gasteiger charge is -2.09. The summed E-state index contributed by atoms with van der Waals surface area (Å²) in [5, 5.41) is 17.6. The molecule has 1 atom stereocenters. The first-order valence-corrected chi connectivity index (χ1v) is 7.05. The maximum atomic E-state index is 11.8. The van der Waals surface area contributed by atoms with E-state index in [1.807, 2.05) is 0 Å². The number of aliphatic hydroxyl groups excluding tert-OH is 1. The Hall–Kier alpha value is -0.960. The Morgan fingerprint density at radius 1 is 1.59 bits per heavy atom. The minimum atomic E-state index is -3.76. The van der Waals surface area contributed by atoms with Crippen LogP contribution in [0.1, 0.15) is 22.2 Å². The summed E-state index contributed by atoms with van der Waals surface area (Å²) in [5.41, 5.74) is 0.402. The molecular weight excluding hydrogens is 266 g/mol.